The number of hydrogen-bond acceptors (Lipinski definition) is 6. The van der Waals surface area contributed by atoms with Crippen LogP contribution < -0.4 is 21.0 Å². The molecule has 194 valence electrons. The zero-order chi connectivity index (χ0) is 26.5. The number of rotatable bonds is 12. The third-order valence-electron chi connectivity index (χ3n) is 5.29. The highest BCUT2D eigenvalue weighted by molar-refractivity contribution is 7.70. The van der Waals surface area contributed by atoms with Crippen LogP contribution >= 0.6 is 7.29 Å². The van der Waals surface area contributed by atoms with Crippen molar-refractivity contribution in [3.63, 3.8) is 0 Å². The van der Waals surface area contributed by atoms with Crippen LogP contribution in [0.25, 0.3) is 0 Å². The molecule has 2 amide bonds. The van der Waals surface area contributed by atoms with Crippen molar-refractivity contribution in [1.82, 2.24) is 15.7 Å². The average Bonchev–Trinajstić information content (AvgIpc) is 2.94. The van der Waals surface area contributed by atoms with Gasteiger partial charge in [-0.25, -0.2) is 4.79 Å². The average molecular weight is 524 g/mol. The lowest BCUT2D eigenvalue weighted by molar-refractivity contribution is -0.141. The second-order valence-electron chi connectivity index (χ2n) is 7.93. The second-order valence-corrected chi connectivity index (χ2v) is 10.6. The molecule has 0 aromatic heterocycles. The number of ether oxygens (including phenoxy) is 2. The van der Waals surface area contributed by atoms with Crippen LogP contribution in [-0.4, -0.2) is 37.7 Å². The number of nitrogens with one attached hydrogen (secondary N) is 3. The summed E-state index contributed by atoms with van der Waals surface area (Å²) in [7, 11) is -3.66. The molecule has 2 unspecified atom stereocenters. The van der Waals surface area contributed by atoms with E-state index in [-0.39, 0.29) is 19.8 Å². The van der Waals surface area contributed by atoms with Crippen LogP contribution in [-0.2, 0) is 30.2 Å². The van der Waals surface area contributed by atoms with E-state index in [4.69, 9.17) is 9.47 Å². The number of amides is 2. The highest BCUT2D eigenvalue weighted by Crippen LogP contribution is 2.53. The van der Waals surface area contributed by atoms with Gasteiger partial charge in [0.15, 0.2) is 0 Å². The van der Waals surface area contributed by atoms with Crippen molar-refractivity contribution in [2.75, 3.05) is 19.7 Å². The quantitative estimate of drug-likeness (QED) is 0.245. The molecule has 0 saturated carbocycles. The molecule has 3 N–H and O–H groups in total. The number of carbonyl (C=O) groups excluding carboxylic acids is 3. The molecule has 37 heavy (non-hydrogen) atoms. The van der Waals surface area contributed by atoms with Crippen LogP contribution in [0.3, 0.4) is 0 Å². The maximum absolute atomic E-state index is 14.5. The predicted octanol–water partition coefficient (Wildman–Crippen LogP) is 3.48. The van der Waals surface area contributed by atoms with Crippen LogP contribution in [0.5, 0.6) is 0 Å². The van der Waals surface area contributed by atoms with Crippen LogP contribution in [0.1, 0.15) is 23.8 Å². The fourth-order valence-corrected chi connectivity index (χ4v) is 6.08. The van der Waals surface area contributed by atoms with Crippen LogP contribution in [0, 0.1) is 0 Å². The minimum Gasteiger partial charge on any atom is -0.465 e. The van der Waals surface area contributed by atoms with Crippen molar-refractivity contribution in [1.29, 1.82) is 0 Å². The molecule has 3 rings (SSSR count). The van der Waals surface area contributed by atoms with Crippen LogP contribution in [0.4, 0.5) is 4.79 Å². The molecule has 0 heterocycles. The topological polar surface area (TPSA) is 123 Å². The van der Waals surface area contributed by atoms with Crippen molar-refractivity contribution in [3.05, 3.63) is 102 Å². The van der Waals surface area contributed by atoms with Gasteiger partial charge in [-0.2, -0.15) is 0 Å². The van der Waals surface area contributed by atoms with Gasteiger partial charge >= 0.3 is 12.1 Å². The van der Waals surface area contributed by atoms with Crippen LogP contribution in [0.15, 0.2) is 91.0 Å². The third kappa shape index (κ3) is 8.31. The number of benzene rings is 3. The van der Waals surface area contributed by atoms with Gasteiger partial charge in [-0.05, 0) is 18.1 Å². The first-order valence-electron chi connectivity index (χ1n) is 11.8. The number of hydrogen-bond donors (Lipinski definition) is 3. The lowest BCUT2D eigenvalue weighted by atomic mass is 10.2. The molecule has 10 heteroatoms. The summed E-state index contributed by atoms with van der Waals surface area (Å²) in [5.41, 5.74) is 1.37. The lowest BCUT2D eigenvalue weighted by Gasteiger charge is -2.30. The first-order chi connectivity index (χ1) is 17.9. The maximum atomic E-state index is 14.5. The molecule has 9 nitrogen and oxygen atoms in total. The van der Waals surface area contributed by atoms with Crippen molar-refractivity contribution in [2.45, 2.75) is 19.3 Å². The van der Waals surface area contributed by atoms with E-state index >= 15 is 0 Å². The zero-order valence-corrected chi connectivity index (χ0v) is 21.4. The van der Waals surface area contributed by atoms with Gasteiger partial charge in [0.1, 0.15) is 25.5 Å². The smallest absolute Gasteiger partial charge is 0.407 e. The van der Waals surface area contributed by atoms with E-state index in [0.717, 1.165) is 5.56 Å². The van der Waals surface area contributed by atoms with Gasteiger partial charge in [-0.15, -0.1) is 0 Å². The summed E-state index contributed by atoms with van der Waals surface area (Å²) in [6.45, 7) is 1.20. The van der Waals surface area contributed by atoms with Gasteiger partial charge < -0.3 is 20.1 Å². The predicted molar refractivity (Wildman–Crippen MR) is 140 cm³/mol. The molecule has 0 aliphatic heterocycles. The van der Waals surface area contributed by atoms with Crippen molar-refractivity contribution in [2.24, 2.45) is 0 Å². The first-order valence-corrected chi connectivity index (χ1v) is 13.5. The van der Waals surface area contributed by atoms with E-state index < -0.39 is 37.6 Å². The van der Waals surface area contributed by atoms with E-state index in [1.54, 1.807) is 67.6 Å². The summed E-state index contributed by atoms with van der Waals surface area (Å²) in [6, 6.07) is 26.5. The summed E-state index contributed by atoms with van der Waals surface area (Å²) in [5, 5.41) is 8.46. The van der Waals surface area contributed by atoms with Crippen molar-refractivity contribution in [3.8, 4) is 0 Å². The first kappa shape index (κ1) is 27.6. The van der Waals surface area contributed by atoms with Crippen LogP contribution in [0.2, 0.25) is 0 Å². The van der Waals surface area contributed by atoms with E-state index in [1.807, 2.05) is 30.3 Å². The SMILES string of the molecule is CCOC(=O)CNP(=O)(c1ccccc1)C(NC(=O)CNC(=O)OCc1ccccc1)c1ccccc1. The van der Waals surface area contributed by atoms with E-state index in [0.29, 0.717) is 10.9 Å². The molecule has 0 saturated heterocycles. The third-order valence-corrected chi connectivity index (χ3v) is 8.13. The monoisotopic (exact) mass is 523 g/mol. The Morgan fingerprint density at radius 1 is 0.811 bits per heavy atom. The van der Waals surface area contributed by atoms with E-state index in [9.17, 15) is 18.9 Å². The summed E-state index contributed by atoms with van der Waals surface area (Å²) in [4.78, 5) is 37.1. The Morgan fingerprint density at radius 2 is 1.41 bits per heavy atom. The Morgan fingerprint density at radius 3 is 2.03 bits per heavy atom. The normalized spacial score (nSPS) is 13.0. The Balaban J connectivity index is 1.76. The Labute approximate surface area is 216 Å². The van der Waals surface area contributed by atoms with Gasteiger partial charge in [-0.1, -0.05) is 91.0 Å². The highest BCUT2D eigenvalue weighted by atomic mass is 31.2. The Kier molecular flexibility index (Phi) is 10.4. The molecule has 0 radical (unpaired) electrons. The number of esters is 1. The summed E-state index contributed by atoms with van der Waals surface area (Å²) in [5.74, 6) is -2.18. The Hall–Kier alpha value is -3.94. The summed E-state index contributed by atoms with van der Waals surface area (Å²) in [6.07, 6.45) is -0.762. The highest BCUT2D eigenvalue weighted by Gasteiger charge is 2.37. The molecule has 3 aromatic carbocycles. The molecular formula is C27H30N3O6P. The molecule has 0 aliphatic carbocycles. The molecule has 2 atom stereocenters. The summed E-state index contributed by atoms with van der Waals surface area (Å²) < 4.78 is 24.6. The van der Waals surface area contributed by atoms with Gasteiger partial charge in [0.2, 0.25) is 13.2 Å². The Bertz CT molecular complexity index is 1210. The molecule has 3 aromatic rings. The minimum absolute atomic E-state index is 0.0575. The second kappa shape index (κ2) is 14.0. The molecule has 0 aliphatic rings. The molecular weight excluding hydrogens is 493 g/mol. The minimum atomic E-state index is -3.66. The van der Waals surface area contributed by atoms with Gasteiger partial charge in [-0.3, -0.25) is 19.2 Å². The van der Waals surface area contributed by atoms with E-state index in [2.05, 4.69) is 15.7 Å². The van der Waals surface area contributed by atoms with Gasteiger partial charge in [0.25, 0.3) is 0 Å². The van der Waals surface area contributed by atoms with Gasteiger partial charge in [0.05, 0.1) is 6.61 Å². The van der Waals surface area contributed by atoms with E-state index in [1.165, 1.54) is 0 Å². The summed E-state index contributed by atoms with van der Waals surface area (Å²) >= 11 is 0. The molecule has 0 bridgehead atoms. The van der Waals surface area contributed by atoms with Gasteiger partial charge in [0, 0.05) is 5.30 Å². The maximum Gasteiger partial charge on any atom is 0.407 e. The standard InChI is InChI=1S/C27H30N3O6P/c1-2-35-25(32)19-29-37(34,23-16-10-5-11-17-23)26(22-14-8-4-9-15-22)30-24(31)18-28-27(33)36-20-21-12-6-3-7-13-21/h3-17,26H,2,18-20H2,1H3,(H,28,33)(H,29,34)(H,30,31). The fourth-order valence-electron chi connectivity index (χ4n) is 3.52. The fraction of sp³-hybridized carbons (Fsp3) is 0.222. The zero-order valence-electron chi connectivity index (χ0n) is 20.5. The lowest BCUT2D eigenvalue weighted by Crippen LogP contribution is -2.42. The number of alkyl carbamates (subject to hydrolysis) is 1. The van der Waals surface area contributed by atoms with Crippen molar-refractivity contribution >= 4 is 30.6 Å². The molecule has 0 fully saturated rings. The number of carbonyl (C=O) groups is 3. The largest absolute Gasteiger partial charge is 0.465 e. The van der Waals surface area contributed by atoms with Crippen molar-refractivity contribution < 1.29 is 28.4 Å². The molecule has 0 spiro atoms.